The van der Waals surface area contributed by atoms with Crippen molar-refractivity contribution in [3.05, 3.63) is 46.1 Å². The molecular formula is C18H22Cl2NO+. The maximum absolute atomic E-state index is 6.23. The maximum atomic E-state index is 6.23. The summed E-state index contributed by atoms with van der Waals surface area (Å²) in [5, 5.41) is 3.76. The molecule has 0 aliphatic heterocycles. The van der Waals surface area contributed by atoms with Crippen LogP contribution in [0.25, 0.3) is 11.3 Å². The van der Waals surface area contributed by atoms with Crippen molar-refractivity contribution in [2.45, 2.75) is 51.1 Å². The molecule has 1 fully saturated rings. The van der Waals surface area contributed by atoms with E-state index in [1.165, 1.54) is 38.5 Å². The molecule has 1 saturated carbocycles. The summed E-state index contributed by atoms with van der Waals surface area (Å²) in [4.78, 5) is 0. The van der Waals surface area contributed by atoms with Gasteiger partial charge in [0, 0.05) is 10.6 Å². The van der Waals surface area contributed by atoms with E-state index in [4.69, 9.17) is 27.6 Å². The zero-order valence-electron chi connectivity index (χ0n) is 12.7. The first-order valence-corrected chi connectivity index (χ1v) is 8.85. The molecule has 3 rings (SSSR count). The Bertz CT molecular complexity index is 615. The molecule has 1 aliphatic rings. The van der Waals surface area contributed by atoms with E-state index in [0.717, 1.165) is 29.7 Å². The van der Waals surface area contributed by atoms with Crippen molar-refractivity contribution in [3.8, 4) is 11.3 Å². The highest BCUT2D eigenvalue weighted by atomic mass is 35.5. The molecule has 1 aromatic heterocycles. The fraction of sp³-hybridized carbons (Fsp3) is 0.444. The van der Waals surface area contributed by atoms with E-state index in [2.05, 4.69) is 5.32 Å². The van der Waals surface area contributed by atoms with E-state index < -0.39 is 0 Å². The zero-order chi connectivity index (χ0) is 15.4. The summed E-state index contributed by atoms with van der Waals surface area (Å²) in [5.74, 6) is 1.78. The van der Waals surface area contributed by atoms with E-state index in [9.17, 15) is 0 Å². The van der Waals surface area contributed by atoms with Gasteiger partial charge in [-0.25, -0.2) is 0 Å². The Hall–Kier alpha value is -0.960. The topological polar surface area (TPSA) is 29.8 Å². The minimum Gasteiger partial charge on any atom is -0.455 e. The summed E-state index contributed by atoms with van der Waals surface area (Å²) in [6, 6.07) is 10.2. The highest BCUT2D eigenvalue weighted by Gasteiger charge is 2.16. The molecule has 0 bridgehead atoms. The lowest BCUT2D eigenvalue weighted by Gasteiger charge is -2.11. The van der Waals surface area contributed by atoms with Gasteiger partial charge in [-0.1, -0.05) is 36.0 Å². The lowest BCUT2D eigenvalue weighted by molar-refractivity contribution is -0.707. The number of hydrogen-bond donors (Lipinski definition) is 1. The number of halogens is 2. The Kier molecular flexibility index (Phi) is 5.46. The molecule has 0 atom stereocenters. The minimum absolute atomic E-state index is 0.665. The van der Waals surface area contributed by atoms with Crippen LogP contribution in [-0.4, -0.2) is 6.04 Å². The average molecular weight is 339 g/mol. The fourth-order valence-electron chi connectivity index (χ4n) is 3.15. The quantitative estimate of drug-likeness (QED) is 0.777. The van der Waals surface area contributed by atoms with Gasteiger partial charge in [-0.05, 0) is 56.0 Å². The van der Waals surface area contributed by atoms with Crippen molar-refractivity contribution in [2.75, 3.05) is 0 Å². The second-order valence-electron chi connectivity index (χ2n) is 6.08. The van der Waals surface area contributed by atoms with Crippen LogP contribution >= 0.6 is 23.2 Å². The van der Waals surface area contributed by atoms with Gasteiger partial charge in [0.1, 0.15) is 12.3 Å². The van der Waals surface area contributed by atoms with Gasteiger partial charge in [-0.3, -0.25) is 0 Å². The minimum atomic E-state index is 0.665. The number of nitrogens with two attached hydrogens (primary N) is 1. The van der Waals surface area contributed by atoms with Gasteiger partial charge < -0.3 is 9.73 Å². The molecule has 2 nitrogen and oxygen atoms in total. The SMILES string of the molecule is Clc1ccc(Cl)c(-c2ccc(C[NH2+]C3CCCCCC3)o2)c1. The van der Waals surface area contributed by atoms with Crippen LogP contribution in [0, 0.1) is 0 Å². The van der Waals surface area contributed by atoms with Gasteiger partial charge in [0.25, 0.3) is 0 Å². The van der Waals surface area contributed by atoms with Crippen LogP contribution in [0.4, 0.5) is 0 Å². The van der Waals surface area contributed by atoms with Crippen LogP contribution in [0.1, 0.15) is 44.3 Å². The van der Waals surface area contributed by atoms with Crippen LogP contribution in [-0.2, 0) is 6.54 Å². The van der Waals surface area contributed by atoms with Crippen molar-refractivity contribution in [1.82, 2.24) is 0 Å². The fourth-order valence-corrected chi connectivity index (χ4v) is 3.53. The number of furan rings is 1. The number of quaternary nitrogens is 1. The summed E-state index contributed by atoms with van der Waals surface area (Å²) >= 11 is 12.3. The predicted molar refractivity (Wildman–Crippen MR) is 91.3 cm³/mol. The first-order valence-electron chi connectivity index (χ1n) is 8.10. The van der Waals surface area contributed by atoms with E-state index in [1.807, 2.05) is 18.2 Å². The summed E-state index contributed by atoms with van der Waals surface area (Å²) in [7, 11) is 0. The Labute approximate surface area is 141 Å². The summed E-state index contributed by atoms with van der Waals surface area (Å²) < 4.78 is 5.95. The van der Waals surface area contributed by atoms with Crippen LogP contribution in [0.2, 0.25) is 10.0 Å². The molecule has 0 unspecified atom stereocenters. The van der Waals surface area contributed by atoms with E-state index in [-0.39, 0.29) is 0 Å². The van der Waals surface area contributed by atoms with Crippen LogP contribution in [0.15, 0.2) is 34.7 Å². The number of hydrogen-bond acceptors (Lipinski definition) is 1. The van der Waals surface area contributed by atoms with E-state index in [0.29, 0.717) is 10.0 Å². The van der Waals surface area contributed by atoms with Crippen LogP contribution < -0.4 is 5.32 Å². The highest BCUT2D eigenvalue weighted by Crippen LogP contribution is 2.31. The monoisotopic (exact) mass is 338 g/mol. The summed E-state index contributed by atoms with van der Waals surface area (Å²) in [6.45, 7) is 0.892. The van der Waals surface area contributed by atoms with Gasteiger partial charge in [-0.15, -0.1) is 0 Å². The van der Waals surface area contributed by atoms with Gasteiger partial charge in [0.15, 0.2) is 5.76 Å². The molecule has 22 heavy (non-hydrogen) atoms. The molecule has 0 amide bonds. The van der Waals surface area contributed by atoms with E-state index in [1.54, 1.807) is 12.1 Å². The van der Waals surface area contributed by atoms with Gasteiger partial charge in [0.05, 0.1) is 11.1 Å². The molecule has 1 aliphatic carbocycles. The van der Waals surface area contributed by atoms with Crippen molar-refractivity contribution >= 4 is 23.2 Å². The Balaban J connectivity index is 1.64. The van der Waals surface area contributed by atoms with Crippen LogP contribution in [0.5, 0.6) is 0 Å². The predicted octanol–water partition coefficient (Wildman–Crippen LogP) is 5.04. The third-order valence-electron chi connectivity index (χ3n) is 4.41. The Morgan fingerprint density at radius 3 is 2.55 bits per heavy atom. The molecule has 0 spiro atoms. The largest absolute Gasteiger partial charge is 0.455 e. The van der Waals surface area contributed by atoms with Crippen molar-refractivity contribution in [2.24, 2.45) is 0 Å². The molecule has 2 aromatic rings. The molecule has 1 heterocycles. The first kappa shape index (κ1) is 15.9. The third kappa shape index (κ3) is 4.07. The van der Waals surface area contributed by atoms with Gasteiger partial charge in [0.2, 0.25) is 0 Å². The second kappa shape index (κ2) is 7.54. The van der Waals surface area contributed by atoms with Gasteiger partial charge >= 0.3 is 0 Å². The zero-order valence-corrected chi connectivity index (χ0v) is 14.2. The molecule has 118 valence electrons. The van der Waals surface area contributed by atoms with Gasteiger partial charge in [-0.2, -0.15) is 0 Å². The van der Waals surface area contributed by atoms with Crippen molar-refractivity contribution in [1.29, 1.82) is 0 Å². The van der Waals surface area contributed by atoms with Crippen molar-refractivity contribution < 1.29 is 9.73 Å². The summed E-state index contributed by atoms with van der Waals surface area (Å²) in [6.07, 6.45) is 8.16. The maximum Gasteiger partial charge on any atom is 0.158 e. The van der Waals surface area contributed by atoms with Crippen molar-refractivity contribution in [3.63, 3.8) is 0 Å². The lowest BCUT2D eigenvalue weighted by atomic mass is 10.1. The Morgan fingerprint density at radius 2 is 1.77 bits per heavy atom. The first-order chi connectivity index (χ1) is 10.7. The second-order valence-corrected chi connectivity index (χ2v) is 6.93. The number of rotatable bonds is 4. The third-order valence-corrected chi connectivity index (χ3v) is 4.97. The molecule has 1 aromatic carbocycles. The average Bonchev–Trinajstić information content (AvgIpc) is 2.83. The molecular weight excluding hydrogens is 317 g/mol. The standard InChI is InChI=1S/C18H21Cl2NO/c19-13-7-9-17(20)16(11-13)18-10-8-15(22-18)12-21-14-5-3-1-2-4-6-14/h7-11,14,21H,1-6,12H2/p+1. The lowest BCUT2D eigenvalue weighted by Crippen LogP contribution is -2.88. The van der Waals surface area contributed by atoms with Crippen LogP contribution in [0.3, 0.4) is 0 Å². The molecule has 0 radical (unpaired) electrons. The molecule has 4 heteroatoms. The van der Waals surface area contributed by atoms with E-state index >= 15 is 0 Å². The Morgan fingerprint density at radius 1 is 1.00 bits per heavy atom. The smallest absolute Gasteiger partial charge is 0.158 e. The normalized spacial score (nSPS) is 16.6. The molecule has 2 N–H and O–H groups in total. The summed E-state index contributed by atoms with van der Waals surface area (Å²) in [5.41, 5.74) is 0.856. The number of benzene rings is 1. The highest BCUT2D eigenvalue weighted by molar-refractivity contribution is 6.35. The molecule has 0 saturated heterocycles.